The highest BCUT2D eigenvalue weighted by Gasteiger charge is 2.14. The zero-order valence-corrected chi connectivity index (χ0v) is 13.1. The number of para-hydroxylation sites is 1. The molecule has 5 nitrogen and oxygen atoms in total. The van der Waals surface area contributed by atoms with Crippen LogP contribution in [0.25, 0.3) is 0 Å². The minimum absolute atomic E-state index is 0.232. The molecule has 0 spiro atoms. The van der Waals surface area contributed by atoms with Gasteiger partial charge in [-0.15, -0.1) is 0 Å². The summed E-state index contributed by atoms with van der Waals surface area (Å²) in [6.45, 7) is 2.59. The SMILES string of the molecule is COc1ccccc1CC(C)N(C)Cc1cc(=O)c(O)co1. The molecule has 1 atom stereocenters. The highest BCUT2D eigenvalue weighted by molar-refractivity contribution is 5.33. The zero-order chi connectivity index (χ0) is 16.1. The van der Waals surface area contributed by atoms with Crippen molar-refractivity contribution in [2.45, 2.75) is 25.9 Å². The van der Waals surface area contributed by atoms with Crippen molar-refractivity contribution < 1.29 is 14.3 Å². The number of hydrogen-bond donors (Lipinski definition) is 1. The molecule has 118 valence electrons. The Morgan fingerprint density at radius 3 is 2.77 bits per heavy atom. The average molecular weight is 303 g/mol. The Morgan fingerprint density at radius 1 is 1.36 bits per heavy atom. The maximum atomic E-state index is 11.4. The van der Waals surface area contributed by atoms with Crippen LogP contribution in [0.5, 0.6) is 11.5 Å². The van der Waals surface area contributed by atoms with Crippen molar-refractivity contribution >= 4 is 0 Å². The third-order valence-electron chi connectivity index (χ3n) is 3.73. The van der Waals surface area contributed by atoms with Crippen molar-refractivity contribution in [2.24, 2.45) is 0 Å². The Balaban J connectivity index is 2.04. The average Bonchev–Trinajstić information content (AvgIpc) is 2.51. The summed E-state index contributed by atoms with van der Waals surface area (Å²) in [7, 11) is 3.63. The van der Waals surface area contributed by atoms with E-state index in [1.807, 2.05) is 31.3 Å². The second-order valence-electron chi connectivity index (χ2n) is 5.38. The molecular weight excluding hydrogens is 282 g/mol. The number of aromatic hydroxyl groups is 1. The number of rotatable bonds is 6. The fourth-order valence-corrected chi connectivity index (χ4v) is 2.27. The van der Waals surface area contributed by atoms with E-state index in [0.717, 1.165) is 24.0 Å². The molecule has 0 aliphatic carbocycles. The van der Waals surface area contributed by atoms with E-state index in [2.05, 4.69) is 11.8 Å². The van der Waals surface area contributed by atoms with Crippen molar-refractivity contribution in [1.29, 1.82) is 0 Å². The van der Waals surface area contributed by atoms with Gasteiger partial charge in [0, 0.05) is 12.1 Å². The molecule has 1 N–H and O–H groups in total. The maximum absolute atomic E-state index is 11.4. The van der Waals surface area contributed by atoms with E-state index in [1.54, 1.807) is 7.11 Å². The van der Waals surface area contributed by atoms with Crippen LogP contribution in [0.4, 0.5) is 0 Å². The molecule has 22 heavy (non-hydrogen) atoms. The summed E-state index contributed by atoms with van der Waals surface area (Å²) in [5.74, 6) is 1.03. The number of ether oxygens (including phenoxy) is 1. The highest BCUT2D eigenvalue weighted by atomic mass is 16.5. The van der Waals surface area contributed by atoms with Crippen molar-refractivity contribution in [3.05, 3.63) is 58.1 Å². The van der Waals surface area contributed by atoms with Gasteiger partial charge in [-0.1, -0.05) is 18.2 Å². The summed E-state index contributed by atoms with van der Waals surface area (Å²) >= 11 is 0. The number of nitrogens with zero attached hydrogens (tertiary/aromatic N) is 1. The van der Waals surface area contributed by atoms with Crippen molar-refractivity contribution in [1.82, 2.24) is 4.90 Å². The predicted octanol–water partition coefficient (Wildman–Crippen LogP) is 2.42. The minimum atomic E-state index is -0.424. The third-order valence-corrected chi connectivity index (χ3v) is 3.73. The largest absolute Gasteiger partial charge is 0.502 e. The van der Waals surface area contributed by atoms with E-state index in [-0.39, 0.29) is 11.8 Å². The molecule has 2 aromatic rings. The van der Waals surface area contributed by atoms with Gasteiger partial charge in [-0.2, -0.15) is 0 Å². The fraction of sp³-hybridized carbons (Fsp3) is 0.353. The number of benzene rings is 1. The molecular formula is C17H21NO4. The first kappa shape index (κ1) is 16.1. The van der Waals surface area contributed by atoms with E-state index in [9.17, 15) is 9.90 Å². The van der Waals surface area contributed by atoms with Gasteiger partial charge in [0.15, 0.2) is 5.75 Å². The molecule has 1 heterocycles. The Labute approximate surface area is 129 Å². The first-order valence-electron chi connectivity index (χ1n) is 7.14. The summed E-state index contributed by atoms with van der Waals surface area (Å²) in [5, 5.41) is 9.21. The molecule has 0 radical (unpaired) electrons. The molecule has 0 amide bonds. The molecule has 0 saturated heterocycles. The lowest BCUT2D eigenvalue weighted by molar-refractivity contribution is 0.224. The normalized spacial score (nSPS) is 12.4. The van der Waals surface area contributed by atoms with Crippen LogP contribution in [0, 0.1) is 0 Å². The number of hydrogen-bond acceptors (Lipinski definition) is 5. The number of likely N-dealkylation sites (N-methyl/N-ethyl adjacent to an activating group) is 1. The molecule has 0 bridgehead atoms. The quantitative estimate of drug-likeness (QED) is 0.888. The summed E-state index contributed by atoms with van der Waals surface area (Å²) in [5.41, 5.74) is 0.712. The standard InChI is InChI=1S/C17H21NO4/c1-12(8-13-6-4-5-7-17(13)21-3)18(2)10-14-9-15(19)16(20)11-22-14/h4-7,9,11-12,20H,8,10H2,1-3H3. The maximum Gasteiger partial charge on any atom is 0.226 e. The Morgan fingerprint density at radius 2 is 2.09 bits per heavy atom. The van der Waals surface area contributed by atoms with E-state index in [1.165, 1.54) is 6.07 Å². The van der Waals surface area contributed by atoms with Gasteiger partial charge in [-0.05, 0) is 32.0 Å². The second-order valence-corrected chi connectivity index (χ2v) is 5.38. The summed E-state index contributed by atoms with van der Waals surface area (Å²) in [6.07, 6.45) is 1.90. The monoisotopic (exact) mass is 303 g/mol. The van der Waals surface area contributed by atoms with Crippen LogP contribution in [-0.4, -0.2) is 30.2 Å². The molecule has 1 aromatic carbocycles. The van der Waals surface area contributed by atoms with Gasteiger partial charge in [0.1, 0.15) is 17.8 Å². The van der Waals surface area contributed by atoms with E-state index in [0.29, 0.717) is 12.3 Å². The van der Waals surface area contributed by atoms with E-state index in [4.69, 9.17) is 9.15 Å². The van der Waals surface area contributed by atoms with Crippen LogP contribution < -0.4 is 10.2 Å². The molecule has 1 aromatic heterocycles. The topological polar surface area (TPSA) is 62.9 Å². The smallest absolute Gasteiger partial charge is 0.226 e. The lowest BCUT2D eigenvalue weighted by Crippen LogP contribution is -2.30. The molecule has 0 saturated carbocycles. The van der Waals surface area contributed by atoms with E-state index < -0.39 is 5.43 Å². The van der Waals surface area contributed by atoms with Crippen LogP contribution in [0.1, 0.15) is 18.2 Å². The molecule has 0 aliphatic heterocycles. The lowest BCUT2D eigenvalue weighted by atomic mass is 10.1. The summed E-state index contributed by atoms with van der Waals surface area (Å²) in [4.78, 5) is 13.5. The van der Waals surface area contributed by atoms with Crippen molar-refractivity contribution in [2.75, 3.05) is 14.2 Å². The molecule has 0 aliphatic rings. The van der Waals surface area contributed by atoms with Gasteiger partial charge in [0.25, 0.3) is 0 Å². The summed E-state index contributed by atoms with van der Waals surface area (Å²) in [6, 6.07) is 9.48. The highest BCUT2D eigenvalue weighted by Crippen LogP contribution is 2.20. The Kier molecular flexibility index (Phi) is 5.22. The third kappa shape index (κ3) is 3.89. The lowest BCUT2D eigenvalue weighted by Gasteiger charge is -2.24. The zero-order valence-electron chi connectivity index (χ0n) is 13.1. The van der Waals surface area contributed by atoms with Crippen LogP contribution >= 0.6 is 0 Å². The minimum Gasteiger partial charge on any atom is -0.502 e. The van der Waals surface area contributed by atoms with Crippen LogP contribution in [0.2, 0.25) is 0 Å². The van der Waals surface area contributed by atoms with E-state index >= 15 is 0 Å². The fourth-order valence-electron chi connectivity index (χ4n) is 2.27. The molecule has 5 heteroatoms. The molecule has 2 rings (SSSR count). The van der Waals surface area contributed by atoms with Gasteiger partial charge in [-0.3, -0.25) is 9.69 Å². The van der Waals surface area contributed by atoms with Gasteiger partial charge < -0.3 is 14.3 Å². The van der Waals surface area contributed by atoms with Crippen LogP contribution in [-0.2, 0) is 13.0 Å². The Bertz CT molecular complexity index is 680. The molecule has 0 fully saturated rings. The summed E-state index contributed by atoms with van der Waals surface area (Å²) < 4.78 is 10.6. The number of methoxy groups -OCH3 is 1. The second kappa shape index (κ2) is 7.13. The predicted molar refractivity (Wildman–Crippen MR) is 84.3 cm³/mol. The Hall–Kier alpha value is -2.27. The first-order valence-corrected chi connectivity index (χ1v) is 7.14. The van der Waals surface area contributed by atoms with Crippen LogP contribution in [0.3, 0.4) is 0 Å². The van der Waals surface area contributed by atoms with Gasteiger partial charge in [0.05, 0.1) is 13.7 Å². The van der Waals surface area contributed by atoms with Gasteiger partial charge in [0.2, 0.25) is 5.43 Å². The first-order chi connectivity index (χ1) is 10.5. The molecule has 1 unspecified atom stereocenters. The van der Waals surface area contributed by atoms with Crippen molar-refractivity contribution in [3.8, 4) is 11.5 Å². The van der Waals surface area contributed by atoms with Gasteiger partial charge >= 0.3 is 0 Å². The van der Waals surface area contributed by atoms with Gasteiger partial charge in [-0.25, -0.2) is 0 Å². The van der Waals surface area contributed by atoms with Crippen molar-refractivity contribution in [3.63, 3.8) is 0 Å². The van der Waals surface area contributed by atoms with Crippen LogP contribution in [0.15, 0.2) is 45.8 Å².